The van der Waals surface area contributed by atoms with Gasteiger partial charge >= 0.3 is 6.09 Å². The molecule has 2 heterocycles. The molecular weight excluding hydrogens is 506 g/mol. The summed E-state index contributed by atoms with van der Waals surface area (Å²) in [6, 6.07) is 2.82. The third-order valence-corrected chi connectivity index (χ3v) is 9.28. The van der Waals surface area contributed by atoms with Crippen molar-refractivity contribution in [1.29, 1.82) is 0 Å². The Balaban J connectivity index is 1.47. The molecule has 0 radical (unpaired) electrons. The number of nitrogens with zero attached hydrogens (tertiary/aromatic N) is 1. The van der Waals surface area contributed by atoms with Crippen LogP contribution < -0.4 is 22.1 Å². The average Bonchev–Trinajstić information content (AvgIpc) is 3.41. The highest BCUT2D eigenvalue weighted by Crippen LogP contribution is 2.45. The molecule has 2 aliphatic carbocycles. The number of alkyl carbamates (subject to hydrolysis) is 1. The molecule has 1 aliphatic heterocycles. The van der Waals surface area contributed by atoms with Crippen LogP contribution in [0.4, 0.5) is 10.6 Å². The molecule has 2 amide bonds. The standard InChI is InChI=1S/C31H49N5O4/c1-31(2,3)40-30(39)36-29(38)24-17-22(18-35-24)27(37)26(32)25(19-10-5-4-6-11-19)23-14-8-7-12-20(23)16-21-13-9-15-34-28(21)33/h9,13,15,19-20,22-26,35H,4-8,10-12,14,16-18,32H2,1-3H3,(H2,33,34)(H,36,38,39)/t20?,22?,23?,24-,25?,26-/m0/s1. The molecule has 1 aromatic heterocycles. The lowest BCUT2D eigenvalue weighted by Crippen LogP contribution is -2.50. The van der Waals surface area contributed by atoms with Crippen molar-refractivity contribution in [1.82, 2.24) is 15.6 Å². The van der Waals surface area contributed by atoms with Crippen molar-refractivity contribution in [2.45, 2.75) is 109 Å². The van der Waals surface area contributed by atoms with Crippen LogP contribution in [0.5, 0.6) is 0 Å². The van der Waals surface area contributed by atoms with Crippen LogP contribution in [-0.4, -0.2) is 47.0 Å². The number of pyridine rings is 1. The zero-order valence-electron chi connectivity index (χ0n) is 24.5. The predicted octanol–water partition coefficient (Wildman–Crippen LogP) is 4.14. The Bertz CT molecular complexity index is 1030. The number of aromatic nitrogens is 1. The summed E-state index contributed by atoms with van der Waals surface area (Å²) < 4.78 is 5.21. The first-order chi connectivity index (χ1) is 19.0. The first-order valence-electron chi connectivity index (χ1n) is 15.3. The Morgan fingerprint density at radius 3 is 2.50 bits per heavy atom. The topological polar surface area (TPSA) is 149 Å². The van der Waals surface area contributed by atoms with Gasteiger partial charge in [0.15, 0.2) is 5.78 Å². The zero-order chi connectivity index (χ0) is 28.9. The van der Waals surface area contributed by atoms with Gasteiger partial charge in [0, 0.05) is 18.7 Å². The molecule has 40 heavy (non-hydrogen) atoms. The zero-order valence-corrected chi connectivity index (χ0v) is 24.5. The van der Waals surface area contributed by atoms with E-state index in [2.05, 4.69) is 21.7 Å². The van der Waals surface area contributed by atoms with E-state index in [1.165, 1.54) is 25.7 Å². The van der Waals surface area contributed by atoms with Crippen LogP contribution in [0.3, 0.4) is 0 Å². The molecule has 6 N–H and O–H groups in total. The minimum Gasteiger partial charge on any atom is -0.444 e. The van der Waals surface area contributed by atoms with Crippen LogP contribution in [0, 0.1) is 29.6 Å². The van der Waals surface area contributed by atoms with Crippen LogP contribution in [0.1, 0.15) is 90.5 Å². The van der Waals surface area contributed by atoms with Crippen molar-refractivity contribution in [2.75, 3.05) is 12.3 Å². The molecule has 0 spiro atoms. The first kappa shape index (κ1) is 30.4. The van der Waals surface area contributed by atoms with E-state index in [4.69, 9.17) is 16.2 Å². The number of ether oxygens (including phenoxy) is 1. The lowest BCUT2D eigenvalue weighted by atomic mass is 9.61. The maximum atomic E-state index is 14.0. The fourth-order valence-corrected chi connectivity index (χ4v) is 7.44. The SMILES string of the molecule is CC(C)(C)OC(=O)NC(=O)[C@@H]1CC(C(=O)[C@@H](N)C(C2CCCCC2)C2CCCCC2Cc2cccnc2N)CN1. The van der Waals surface area contributed by atoms with E-state index in [0.717, 1.165) is 44.1 Å². The number of hydrogen-bond donors (Lipinski definition) is 4. The van der Waals surface area contributed by atoms with Gasteiger partial charge in [0.2, 0.25) is 5.91 Å². The molecule has 3 aliphatic rings. The molecule has 9 heteroatoms. The van der Waals surface area contributed by atoms with Crippen LogP contribution in [0.2, 0.25) is 0 Å². The molecule has 0 aromatic carbocycles. The lowest BCUT2D eigenvalue weighted by Gasteiger charge is -2.45. The highest BCUT2D eigenvalue weighted by atomic mass is 16.6. The highest BCUT2D eigenvalue weighted by molar-refractivity contribution is 5.96. The lowest BCUT2D eigenvalue weighted by molar-refractivity contribution is -0.127. The Labute approximate surface area is 238 Å². The molecule has 1 aromatic rings. The van der Waals surface area contributed by atoms with E-state index >= 15 is 0 Å². The van der Waals surface area contributed by atoms with Crippen LogP contribution in [0.15, 0.2) is 18.3 Å². The summed E-state index contributed by atoms with van der Waals surface area (Å²) in [6.45, 7) is 5.61. The third-order valence-electron chi connectivity index (χ3n) is 9.28. The van der Waals surface area contributed by atoms with Gasteiger partial charge in [-0.1, -0.05) is 51.0 Å². The van der Waals surface area contributed by atoms with Gasteiger partial charge in [-0.05, 0) is 81.8 Å². The maximum absolute atomic E-state index is 14.0. The van der Waals surface area contributed by atoms with E-state index in [9.17, 15) is 14.4 Å². The van der Waals surface area contributed by atoms with Crippen molar-refractivity contribution >= 4 is 23.6 Å². The van der Waals surface area contributed by atoms with E-state index in [0.29, 0.717) is 36.5 Å². The second kappa shape index (κ2) is 13.4. The first-order valence-corrected chi connectivity index (χ1v) is 15.3. The quantitative estimate of drug-likeness (QED) is 0.374. The average molecular weight is 556 g/mol. The Morgan fingerprint density at radius 1 is 1.10 bits per heavy atom. The smallest absolute Gasteiger partial charge is 0.414 e. The van der Waals surface area contributed by atoms with Crippen molar-refractivity contribution in [2.24, 2.45) is 35.3 Å². The molecule has 6 atom stereocenters. The Morgan fingerprint density at radius 2 is 1.80 bits per heavy atom. The number of imide groups is 1. The number of anilines is 1. The summed E-state index contributed by atoms with van der Waals surface area (Å²) in [5.41, 5.74) is 13.6. The number of amides is 2. The number of ketones is 1. The fourth-order valence-electron chi connectivity index (χ4n) is 7.44. The Kier molecular flexibility index (Phi) is 10.2. The number of carbonyl (C=O) groups is 3. The summed E-state index contributed by atoms with van der Waals surface area (Å²) in [5, 5.41) is 5.45. The van der Waals surface area contributed by atoms with Crippen LogP contribution in [-0.2, 0) is 20.7 Å². The predicted molar refractivity (Wildman–Crippen MR) is 155 cm³/mol. The summed E-state index contributed by atoms with van der Waals surface area (Å²) in [7, 11) is 0. The van der Waals surface area contributed by atoms with Crippen molar-refractivity contribution in [3.8, 4) is 0 Å². The largest absolute Gasteiger partial charge is 0.444 e. The normalized spacial score (nSPS) is 27.5. The second-order valence-electron chi connectivity index (χ2n) is 13.2. The number of nitrogens with two attached hydrogens (primary N) is 2. The third kappa shape index (κ3) is 7.81. The summed E-state index contributed by atoms with van der Waals surface area (Å²) in [6.07, 6.45) is 12.5. The fraction of sp³-hybridized carbons (Fsp3) is 0.742. The van der Waals surface area contributed by atoms with Gasteiger partial charge in [0.05, 0.1) is 12.1 Å². The van der Waals surface area contributed by atoms with Crippen molar-refractivity contribution in [3.63, 3.8) is 0 Å². The molecule has 3 fully saturated rings. The molecular formula is C31H49N5O4. The molecule has 1 saturated heterocycles. The van der Waals surface area contributed by atoms with Crippen molar-refractivity contribution < 1.29 is 19.1 Å². The number of nitrogen functional groups attached to an aromatic ring is 1. The van der Waals surface area contributed by atoms with Gasteiger partial charge < -0.3 is 21.5 Å². The van der Waals surface area contributed by atoms with E-state index in [-0.39, 0.29) is 17.6 Å². The number of nitrogens with one attached hydrogen (secondary N) is 2. The Hall–Kier alpha value is -2.52. The van der Waals surface area contributed by atoms with Gasteiger partial charge in [0.25, 0.3) is 0 Å². The van der Waals surface area contributed by atoms with Gasteiger partial charge in [0.1, 0.15) is 11.4 Å². The van der Waals surface area contributed by atoms with Gasteiger partial charge in [-0.15, -0.1) is 0 Å². The second-order valence-corrected chi connectivity index (χ2v) is 13.2. The van der Waals surface area contributed by atoms with Crippen molar-refractivity contribution in [3.05, 3.63) is 23.9 Å². The summed E-state index contributed by atoms with van der Waals surface area (Å²) in [5.74, 6) is 1.14. The number of hydrogen-bond acceptors (Lipinski definition) is 8. The number of rotatable bonds is 8. The van der Waals surface area contributed by atoms with Crippen LogP contribution in [0.25, 0.3) is 0 Å². The van der Waals surface area contributed by atoms with Gasteiger partial charge in [-0.25, -0.2) is 9.78 Å². The summed E-state index contributed by atoms with van der Waals surface area (Å²) >= 11 is 0. The molecule has 222 valence electrons. The van der Waals surface area contributed by atoms with Gasteiger partial charge in [-0.3, -0.25) is 14.9 Å². The van der Waals surface area contributed by atoms with Gasteiger partial charge in [-0.2, -0.15) is 0 Å². The summed E-state index contributed by atoms with van der Waals surface area (Å²) in [4.78, 5) is 43.1. The molecule has 0 bridgehead atoms. The molecule has 2 saturated carbocycles. The van der Waals surface area contributed by atoms with E-state index in [1.807, 2.05) is 6.07 Å². The van der Waals surface area contributed by atoms with E-state index in [1.54, 1.807) is 27.0 Å². The minimum absolute atomic E-state index is 0.0425. The highest BCUT2D eigenvalue weighted by Gasteiger charge is 2.45. The maximum Gasteiger partial charge on any atom is 0.414 e. The molecule has 4 unspecified atom stereocenters. The molecule has 4 rings (SSSR count). The van der Waals surface area contributed by atoms with E-state index < -0.39 is 29.7 Å². The van der Waals surface area contributed by atoms with Crippen LogP contribution >= 0.6 is 0 Å². The number of carbonyl (C=O) groups excluding carboxylic acids is 3. The minimum atomic E-state index is -0.777. The molecule has 9 nitrogen and oxygen atoms in total. The number of Topliss-reactive ketones (excluding diaryl/α,β-unsaturated/α-hetero) is 1. The monoisotopic (exact) mass is 555 g/mol.